The van der Waals surface area contributed by atoms with Gasteiger partial charge in [0.05, 0.1) is 19.6 Å². The molecule has 4 aromatic carbocycles. The van der Waals surface area contributed by atoms with E-state index < -0.39 is 29.9 Å². The van der Waals surface area contributed by atoms with Crippen LogP contribution >= 0.6 is 0 Å². The fourth-order valence-electron chi connectivity index (χ4n) is 3.24. The topological polar surface area (TPSA) is 188 Å². The second-order valence-corrected chi connectivity index (χ2v) is 11.2. The fraction of sp³-hybridized carbons (Fsp3) is 0. The average Bonchev–Trinajstić information content (AvgIpc) is 2.90. The molecule has 0 saturated carbocycles. The predicted molar refractivity (Wildman–Crippen MR) is 141 cm³/mol. The normalized spacial score (nSPS) is 11.4. The van der Waals surface area contributed by atoms with Crippen LogP contribution in [0.25, 0.3) is 0 Å². The van der Waals surface area contributed by atoms with E-state index in [0.29, 0.717) is 11.5 Å². The monoisotopic (exact) mass is 570 g/mol. The van der Waals surface area contributed by atoms with Crippen LogP contribution in [0, 0.1) is 20.2 Å². The minimum atomic E-state index is -3.97. The van der Waals surface area contributed by atoms with E-state index in [2.05, 4.69) is 9.44 Å². The molecule has 0 amide bonds. The highest BCUT2D eigenvalue weighted by Crippen LogP contribution is 2.27. The summed E-state index contributed by atoms with van der Waals surface area (Å²) in [5.41, 5.74) is 0.00385. The molecule has 200 valence electrons. The minimum absolute atomic E-state index is 0.141. The summed E-state index contributed by atoms with van der Waals surface area (Å²) in [5.74, 6) is 0.736. The van der Waals surface area contributed by atoms with Crippen molar-refractivity contribution in [3.05, 3.63) is 117 Å². The molecule has 4 rings (SSSR count). The van der Waals surface area contributed by atoms with E-state index in [-0.39, 0.29) is 32.5 Å². The molecular weight excluding hydrogens is 552 g/mol. The highest BCUT2D eigenvalue weighted by atomic mass is 32.2. The van der Waals surface area contributed by atoms with Crippen LogP contribution in [0.1, 0.15) is 0 Å². The number of nitrogens with zero attached hydrogens (tertiary/aromatic N) is 2. The number of sulfonamides is 2. The maximum atomic E-state index is 12.5. The van der Waals surface area contributed by atoms with Crippen LogP contribution in [0.2, 0.25) is 0 Å². The molecule has 0 aromatic heterocycles. The van der Waals surface area contributed by atoms with Gasteiger partial charge in [0.25, 0.3) is 31.4 Å². The summed E-state index contributed by atoms with van der Waals surface area (Å²) in [6.07, 6.45) is 0. The molecule has 0 aliphatic rings. The first-order chi connectivity index (χ1) is 18.4. The van der Waals surface area contributed by atoms with Gasteiger partial charge in [0, 0.05) is 35.6 Å². The van der Waals surface area contributed by atoms with Gasteiger partial charge >= 0.3 is 0 Å². The quantitative estimate of drug-likeness (QED) is 0.197. The van der Waals surface area contributed by atoms with E-state index in [1.165, 1.54) is 48.5 Å². The fourth-order valence-corrected chi connectivity index (χ4v) is 5.36. The van der Waals surface area contributed by atoms with E-state index in [0.717, 1.165) is 48.5 Å². The summed E-state index contributed by atoms with van der Waals surface area (Å²) >= 11 is 0. The van der Waals surface area contributed by atoms with Gasteiger partial charge in [-0.15, -0.1) is 0 Å². The SMILES string of the molecule is O=[N+]([O-])c1ccc(S(=O)(=O)Nc2ccc(Oc3ccc(NS(=O)(=O)c4ccc([N+](=O)[O-])cc4)cc3)cc2)cc1. The van der Waals surface area contributed by atoms with Crippen LogP contribution in [0.3, 0.4) is 0 Å². The number of hydrogen-bond donors (Lipinski definition) is 2. The molecule has 2 N–H and O–H groups in total. The Hall–Kier alpha value is -5.02. The Labute approximate surface area is 222 Å². The van der Waals surface area contributed by atoms with Crippen LogP contribution in [0.15, 0.2) is 107 Å². The molecule has 39 heavy (non-hydrogen) atoms. The van der Waals surface area contributed by atoms with Crippen molar-refractivity contribution < 1.29 is 31.4 Å². The standard InChI is InChI=1S/C24H18N4O9S2/c29-27(30)19-5-13-23(14-6-19)38(33,34)25-17-1-9-21(10-2-17)37-22-11-3-18(4-12-22)26-39(35,36)24-15-7-20(8-16-24)28(31)32/h1-16,25-26H. The van der Waals surface area contributed by atoms with Crippen LogP contribution in [-0.4, -0.2) is 26.7 Å². The summed E-state index contributed by atoms with van der Waals surface area (Å²) in [6, 6.07) is 20.8. The van der Waals surface area contributed by atoms with Crippen molar-refractivity contribution in [3.8, 4) is 11.5 Å². The molecule has 0 fully saturated rings. The second-order valence-electron chi connectivity index (χ2n) is 7.86. The zero-order chi connectivity index (χ0) is 28.2. The van der Waals surface area contributed by atoms with Gasteiger partial charge in [-0.05, 0) is 72.8 Å². The first-order valence-electron chi connectivity index (χ1n) is 10.9. The molecule has 15 heteroatoms. The lowest BCUT2D eigenvalue weighted by atomic mass is 10.3. The first kappa shape index (κ1) is 27.0. The largest absolute Gasteiger partial charge is 0.457 e. The van der Waals surface area contributed by atoms with Crippen molar-refractivity contribution in [1.82, 2.24) is 0 Å². The summed E-state index contributed by atoms with van der Waals surface area (Å²) in [7, 11) is -7.95. The maximum absolute atomic E-state index is 12.5. The number of nitro groups is 2. The van der Waals surface area contributed by atoms with Crippen LogP contribution < -0.4 is 14.2 Å². The molecule has 4 aromatic rings. The second kappa shape index (κ2) is 10.8. The first-order valence-corrected chi connectivity index (χ1v) is 13.8. The highest BCUT2D eigenvalue weighted by molar-refractivity contribution is 7.93. The van der Waals surface area contributed by atoms with Crippen molar-refractivity contribution in [2.45, 2.75) is 9.79 Å². The van der Waals surface area contributed by atoms with Crippen molar-refractivity contribution in [2.75, 3.05) is 9.44 Å². The lowest BCUT2D eigenvalue weighted by molar-refractivity contribution is -0.385. The third-order valence-electron chi connectivity index (χ3n) is 5.16. The molecular formula is C24H18N4O9S2. The smallest absolute Gasteiger partial charge is 0.269 e. The van der Waals surface area contributed by atoms with E-state index in [4.69, 9.17) is 4.74 Å². The van der Waals surface area contributed by atoms with Gasteiger partial charge in [-0.25, -0.2) is 16.8 Å². The number of ether oxygens (including phenoxy) is 1. The van der Waals surface area contributed by atoms with Crippen molar-refractivity contribution >= 4 is 42.8 Å². The van der Waals surface area contributed by atoms with Crippen molar-refractivity contribution in [1.29, 1.82) is 0 Å². The zero-order valence-electron chi connectivity index (χ0n) is 19.6. The number of nitrogens with one attached hydrogen (secondary N) is 2. The van der Waals surface area contributed by atoms with Gasteiger partial charge in [0.2, 0.25) is 0 Å². The van der Waals surface area contributed by atoms with E-state index in [9.17, 15) is 37.1 Å². The van der Waals surface area contributed by atoms with E-state index in [1.807, 2.05) is 0 Å². The maximum Gasteiger partial charge on any atom is 0.269 e. The molecule has 0 bridgehead atoms. The molecule has 0 atom stereocenters. The Balaban J connectivity index is 1.38. The predicted octanol–water partition coefficient (Wildman–Crippen LogP) is 4.90. The summed E-state index contributed by atoms with van der Waals surface area (Å²) in [4.78, 5) is 20.0. The molecule has 0 aliphatic heterocycles. The van der Waals surface area contributed by atoms with Gasteiger partial charge in [-0.3, -0.25) is 29.7 Å². The van der Waals surface area contributed by atoms with Crippen LogP contribution in [-0.2, 0) is 20.0 Å². The molecule has 0 radical (unpaired) electrons. The number of hydrogen-bond acceptors (Lipinski definition) is 9. The Morgan fingerprint density at radius 3 is 1.10 bits per heavy atom. The van der Waals surface area contributed by atoms with Gasteiger partial charge in [0.1, 0.15) is 11.5 Å². The zero-order valence-corrected chi connectivity index (χ0v) is 21.3. The van der Waals surface area contributed by atoms with Gasteiger partial charge in [-0.1, -0.05) is 0 Å². The van der Waals surface area contributed by atoms with E-state index >= 15 is 0 Å². The summed E-state index contributed by atoms with van der Waals surface area (Å²) < 4.78 is 60.6. The minimum Gasteiger partial charge on any atom is -0.457 e. The molecule has 0 heterocycles. The number of benzene rings is 4. The van der Waals surface area contributed by atoms with Crippen LogP contribution in [0.4, 0.5) is 22.7 Å². The number of rotatable bonds is 10. The Morgan fingerprint density at radius 1 is 0.513 bits per heavy atom. The molecule has 0 spiro atoms. The Morgan fingerprint density at radius 2 is 0.821 bits per heavy atom. The highest BCUT2D eigenvalue weighted by Gasteiger charge is 2.17. The number of anilines is 2. The molecule has 13 nitrogen and oxygen atoms in total. The van der Waals surface area contributed by atoms with Crippen LogP contribution in [0.5, 0.6) is 11.5 Å². The Bertz CT molecular complexity index is 1590. The Kier molecular flexibility index (Phi) is 7.46. The molecule has 0 aliphatic carbocycles. The lowest BCUT2D eigenvalue weighted by Crippen LogP contribution is -2.12. The van der Waals surface area contributed by atoms with E-state index in [1.54, 1.807) is 0 Å². The third-order valence-corrected chi connectivity index (χ3v) is 7.96. The van der Waals surface area contributed by atoms with Gasteiger partial charge < -0.3 is 4.74 Å². The summed E-state index contributed by atoms with van der Waals surface area (Å²) in [6.45, 7) is 0. The summed E-state index contributed by atoms with van der Waals surface area (Å²) in [5, 5.41) is 21.5. The lowest BCUT2D eigenvalue weighted by Gasteiger charge is -2.11. The molecule has 0 saturated heterocycles. The van der Waals surface area contributed by atoms with Gasteiger partial charge in [0.15, 0.2) is 0 Å². The number of nitro benzene ring substituents is 2. The number of non-ortho nitro benzene ring substituents is 2. The third kappa shape index (κ3) is 6.65. The van der Waals surface area contributed by atoms with Crippen molar-refractivity contribution in [2.24, 2.45) is 0 Å². The molecule has 0 unspecified atom stereocenters. The average molecular weight is 571 g/mol. The van der Waals surface area contributed by atoms with Gasteiger partial charge in [-0.2, -0.15) is 0 Å². The van der Waals surface area contributed by atoms with Crippen molar-refractivity contribution in [3.63, 3.8) is 0 Å².